The Hall–Kier alpha value is -1.82. The van der Waals surface area contributed by atoms with Crippen LogP contribution >= 0.6 is 0 Å². The quantitative estimate of drug-likeness (QED) is 0.628. The van der Waals surface area contributed by atoms with Crippen molar-refractivity contribution in [1.82, 2.24) is 0 Å². The molecule has 1 N–H and O–H groups in total. The summed E-state index contributed by atoms with van der Waals surface area (Å²) in [7, 11) is -1.97. The van der Waals surface area contributed by atoms with Gasteiger partial charge >= 0.3 is 0 Å². The van der Waals surface area contributed by atoms with E-state index < -0.39 is 8.07 Å². The monoisotopic (exact) mass is 308 g/mol. The second kappa shape index (κ2) is 7.98. The molecule has 0 aromatic heterocycles. The Labute approximate surface area is 136 Å². The molecule has 0 atom stereocenters. The van der Waals surface area contributed by atoms with Gasteiger partial charge in [0.15, 0.2) is 8.07 Å². The topological polar surface area (TPSA) is 4.44 Å². The van der Waals surface area contributed by atoms with E-state index in [1.165, 1.54) is 10.4 Å². The molecule has 0 aliphatic heterocycles. The number of rotatable bonds is 5. The van der Waals surface area contributed by atoms with Crippen molar-refractivity contribution < 1.29 is 4.90 Å². The lowest BCUT2D eigenvalue weighted by molar-refractivity contribution is -0.888. The molecule has 0 aliphatic carbocycles. The van der Waals surface area contributed by atoms with E-state index in [2.05, 4.69) is 92.5 Å². The summed E-state index contributed by atoms with van der Waals surface area (Å²) in [5.74, 6) is 3.50. The fourth-order valence-corrected chi connectivity index (χ4v) is 5.48. The van der Waals surface area contributed by atoms with Crippen LogP contribution in [0.3, 0.4) is 0 Å². The van der Waals surface area contributed by atoms with Gasteiger partial charge in [0.1, 0.15) is 6.54 Å². The van der Waals surface area contributed by atoms with Crippen molar-refractivity contribution in [2.75, 3.05) is 19.6 Å². The van der Waals surface area contributed by atoms with E-state index in [1.54, 1.807) is 4.90 Å². The number of nitrogens with one attached hydrogen (secondary N) is 1. The van der Waals surface area contributed by atoms with Gasteiger partial charge in [0, 0.05) is 0 Å². The van der Waals surface area contributed by atoms with Crippen molar-refractivity contribution >= 4 is 18.4 Å². The molecule has 0 radical (unpaired) electrons. The molecule has 22 heavy (non-hydrogen) atoms. The molecule has 0 spiro atoms. The Morgan fingerprint density at radius 1 is 0.818 bits per heavy atom. The van der Waals surface area contributed by atoms with Gasteiger partial charge in [-0.15, -0.1) is 5.54 Å². The molecule has 0 aliphatic rings. The molecule has 2 rings (SSSR count). The van der Waals surface area contributed by atoms with Gasteiger partial charge in [0.05, 0.1) is 13.1 Å². The fourth-order valence-electron chi connectivity index (χ4n) is 2.70. The van der Waals surface area contributed by atoms with Crippen LogP contribution in [0, 0.1) is 11.5 Å². The van der Waals surface area contributed by atoms with Gasteiger partial charge in [0.25, 0.3) is 0 Å². The minimum atomic E-state index is -1.97. The normalized spacial score (nSPS) is 11.1. The van der Waals surface area contributed by atoms with Crippen LogP contribution in [-0.2, 0) is 0 Å². The van der Waals surface area contributed by atoms with Gasteiger partial charge in [-0.25, -0.2) is 0 Å². The Morgan fingerprint density at radius 3 is 1.68 bits per heavy atom. The zero-order valence-electron chi connectivity index (χ0n) is 13.9. The first-order valence-corrected chi connectivity index (χ1v) is 10.6. The van der Waals surface area contributed by atoms with Crippen LogP contribution in [0.5, 0.6) is 0 Å². The average molecular weight is 309 g/mol. The molecule has 114 valence electrons. The molecule has 0 amide bonds. The van der Waals surface area contributed by atoms with E-state index in [9.17, 15) is 0 Å². The molecule has 0 saturated heterocycles. The first kappa shape index (κ1) is 16.5. The Morgan fingerprint density at radius 2 is 1.27 bits per heavy atom. The summed E-state index contributed by atoms with van der Waals surface area (Å²) in [6.45, 7) is 10.0. The smallest absolute Gasteiger partial charge is 0.196 e. The van der Waals surface area contributed by atoms with Crippen LogP contribution in [0.25, 0.3) is 0 Å². The summed E-state index contributed by atoms with van der Waals surface area (Å²) in [5.41, 5.74) is 3.70. The van der Waals surface area contributed by atoms with Crippen molar-refractivity contribution in [3.8, 4) is 11.5 Å². The fraction of sp³-hybridized carbons (Fsp3) is 0.300. The van der Waals surface area contributed by atoms with E-state index in [-0.39, 0.29) is 0 Å². The second-order valence-corrected chi connectivity index (χ2v) is 9.45. The van der Waals surface area contributed by atoms with Gasteiger partial charge in [-0.05, 0) is 30.1 Å². The molecular weight excluding hydrogens is 282 g/mol. The highest BCUT2D eigenvalue weighted by Gasteiger charge is 2.29. The van der Waals surface area contributed by atoms with Gasteiger partial charge in [0.2, 0.25) is 0 Å². The summed E-state index contributed by atoms with van der Waals surface area (Å²) < 4.78 is 0. The number of hydrogen-bond donors (Lipinski definition) is 1. The molecule has 2 heteroatoms. The molecule has 1 nitrogen and oxygen atoms in total. The van der Waals surface area contributed by atoms with E-state index in [0.29, 0.717) is 0 Å². The molecule has 0 fully saturated rings. The largest absolute Gasteiger partial charge is 0.325 e. The lowest BCUT2D eigenvalue weighted by atomic mass is 10.4. The summed E-state index contributed by atoms with van der Waals surface area (Å²) in [6, 6.07) is 21.6. The summed E-state index contributed by atoms with van der Waals surface area (Å²) in [5, 5.41) is 2.78. The third-order valence-electron chi connectivity index (χ3n) is 4.38. The van der Waals surface area contributed by atoms with Crippen molar-refractivity contribution in [3.05, 3.63) is 60.7 Å². The van der Waals surface area contributed by atoms with E-state index in [1.807, 2.05) is 0 Å². The maximum absolute atomic E-state index is 3.70. The van der Waals surface area contributed by atoms with Gasteiger partial charge in [-0.1, -0.05) is 67.2 Å². The zero-order valence-corrected chi connectivity index (χ0v) is 14.9. The van der Waals surface area contributed by atoms with Crippen LogP contribution in [-0.4, -0.2) is 27.7 Å². The molecule has 0 unspecified atom stereocenters. The molecule has 0 heterocycles. The van der Waals surface area contributed by atoms with Crippen LogP contribution in [0.1, 0.15) is 13.8 Å². The zero-order chi connectivity index (χ0) is 15.8. The summed E-state index contributed by atoms with van der Waals surface area (Å²) in [4.78, 5) is 1.55. The van der Waals surface area contributed by atoms with Crippen LogP contribution in [0.15, 0.2) is 60.7 Å². The molecular formula is C20H26NSi+. The maximum atomic E-state index is 3.70. The number of benzene rings is 2. The number of quaternary nitrogens is 1. The van der Waals surface area contributed by atoms with E-state index in [4.69, 9.17) is 0 Å². The molecule has 0 saturated carbocycles. The lowest BCUT2D eigenvalue weighted by Gasteiger charge is -2.22. The SMILES string of the molecule is CC[NH+](CC)CC#C[Si](C)(c1ccccc1)c1ccccc1. The standard InChI is InChI=1S/C20H25NSi/c1-4-21(5-2)17-12-18-22(3,19-13-8-6-9-14-19)20-15-10-7-11-16-20/h6-11,13-16H,4-5,17H2,1-3H3/p+1. The highest BCUT2D eigenvalue weighted by molar-refractivity contribution is 7.07. The van der Waals surface area contributed by atoms with Gasteiger partial charge < -0.3 is 4.90 Å². The highest BCUT2D eigenvalue weighted by atomic mass is 28.3. The Balaban J connectivity index is 2.38. The predicted octanol–water partition coefficient (Wildman–Crippen LogP) is 1.35. The summed E-state index contributed by atoms with van der Waals surface area (Å²) >= 11 is 0. The minimum Gasteiger partial charge on any atom is -0.325 e. The third-order valence-corrected chi connectivity index (χ3v) is 8.03. The summed E-state index contributed by atoms with van der Waals surface area (Å²) in [6.07, 6.45) is 0. The van der Waals surface area contributed by atoms with Crippen molar-refractivity contribution in [2.45, 2.75) is 20.4 Å². The second-order valence-electron chi connectivity index (χ2n) is 5.79. The van der Waals surface area contributed by atoms with Crippen LogP contribution in [0.2, 0.25) is 6.55 Å². The lowest BCUT2D eigenvalue weighted by Crippen LogP contribution is -3.11. The Bertz CT molecular complexity index is 582. The minimum absolute atomic E-state index is 0.940. The first-order valence-electron chi connectivity index (χ1n) is 8.15. The molecule has 2 aromatic rings. The van der Waals surface area contributed by atoms with Gasteiger partial charge in [-0.2, -0.15) is 0 Å². The van der Waals surface area contributed by atoms with Crippen molar-refractivity contribution in [3.63, 3.8) is 0 Å². The van der Waals surface area contributed by atoms with Crippen molar-refractivity contribution in [2.24, 2.45) is 0 Å². The van der Waals surface area contributed by atoms with Crippen molar-refractivity contribution in [1.29, 1.82) is 0 Å². The van der Waals surface area contributed by atoms with Crippen LogP contribution < -0.4 is 15.3 Å². The predicted molar refractivity (Wildman–Crippen MR) is 98.5 cm³/mol. The third kappa shape index (κ3) is 3.88. The first-order chi connectivity index (χ1) is 10.7. The molecule has 2 aromatic carbocycles. The van der Waals surface area contributed by atoms with E-state index in [0.717, 1.165) is 19.6 Å². The highest BCUT2D eigenvalue weighted by Crippen LogP contribution is 2.04. The Kier molecular flexibility index (Phi) is 6.00. The van der Waals surface area contributed by atoms with Crippen LogP contribution in [0.4, 0.5) is 0 Å². The maximum Gasteiger partial charge on any atom is 0.196 e. The number of hydrogen-bond acceptors (Lipinski definition) is 0. The molecule has 0 bridgehead atoms. The average Bonchev–Trinajstić information content (AvgIpc) is 2.60. The van der Waals surface area contributed by atoms with E-state index >= 15 is 0 Å². The van der Waals surface area contributed by atoms with Gasteiger partial charge in [-0.3, -0.25) is 0 Å².